The Bertz CT molecular complexity index is 605. The predicted molar refractivity (Wildman–Crippen MR) is 94.7 cm³/mol. The van der Waals surface area contributed by atoms with E-state index in [1.165, 1.54) is 12.1 Å². The number of hydrogen-bond acceptors (Lipinski definition) is 4. The summed E-state index contributed by atoms with van der Waals surface area (Å²) < 4.78 is 27.3. The molecular weight excluding hydrogens is 348 g/mol. The second kappa shape index (κ2) is 8.33. The van der Waals surface area contributed by atoms with Crippen LogP contribution >= 0.6 is 35.6 Å². The number of thiocarbonyl (C=S) groups is 1. The predicted octanol–water partition coefficient (Wildman–Crippen LogP) is 2.78. The van der Waals surface area contributed by atoms with Gasteiger partial charge in [-0.1, -0.05) is 36.8 Å². The molecule has 0 saturated carbocycles. The van der Waals surface area contributed by atoms with E-state index >= 15 is 0 Å². The first kappa shape index (κ1) is 18.7. The van der Waals surface area contributed by atoms with Crippen molar-refractivity contribution >= 4 is 50.6 Å². The van der Waals surface area contributed by atoms with Crippen molar-refractivity contribution in [1.29, 1.82) is 0 Å². The highest BCUT2D eigenvalue weighted by molar-refractivity contribution is 7.99. The van der Waals surface area contributed by atoms with Gasteiger partial charge in [0.2, 0.25) is 10.0 Å². The number of rotatable bonds is 8. The standard InChI is InChI=1S/C13H19ClN2O2S3/c1-3-20-7-6-9(2)16-21(17,18)12-5-4-10(13(15)19)8-11(12)14/h4-5,8-9,16H,3,6-7H2,1-2H3,(H2,15,19). The molecule has 0 bridgehead atoms. The molecule has 0 heterocycles. The third-order valence-corrected chi connectivity index (χ3v) is 6.00. The zero-order valence-corrected chi connectivity index (χ0v) is 15.1. The fraction of sp³-hybridized carbons (Fsp3) is 0.462. The van der Waals surface area contributed by atoms with Crippen LogP contribution in [0, 0.1) is 0 Å². The molecule has 0 spiro atoms. The fourth-order valence-corrected chi connectivity index (χ4v) is 4.42. The first-order valence-corrected chi connectivity index (χ1v) is 9.89. The van der Waals surface area contributed by atoms with Gasteiger partial charge in [0.05, 0.1) is 5.02 Å². The largest absolute Gasteiger partial charge is 0.389 e. The highest BCUT2D eigenvalue weighted by atomic mass is 35.5. The maximum absolute atomic E-state index is 12.3. The zero-order valence-electron chi connectivity index (χ0n) is 11.9. The molecule has 0 aliphatic rings. The van der Waals surface area contributed by atoms with Gasteiger partial charge in [-0.15, -0.1) is 0 Å². The Labute approximate surface area is 140 Å². The molecule has 1 unspecified atom stereocenters. The summed E-state index contributed by atoms with van der Waals surface area (Å²) in [6, 6.07) is 4.30. The van der Waals surface area contributed by atoms with E-state index in [2.05, 4.69) is 11.6 Å². The highest BCUT2D eigenvalue weighted by Crippen LogP contribution is 2.23. The molecule has 0 radical (unpaired) electrons. The summed E-state index contributed by atoms with van der Waals surface area (Å²) in [7, 11) is -3.65. The third-order valence-electron chi connectivity index (χ3n) is 2.76. The van der Waals surface area contributed by atoms with Crippen molar-refractivity contribution in [2.24, 2.45) is 5.73 Å². The van der Waals surface area contributed by atoms with Gasteiger partial charge < -0.3 is 5.73 Å². The van der Waals surface area contributed by atoms with Crippen LogP contribution in [-0.2, 0) is 10.0 Å². The van der Waals surface area contributed by atoms with Crippen LogP contribution < -0.4 is 10.5 Å². The number of nitrogens with two attached hydrogens (primary N) is 1. The van der Waals surface area contributed by atoms with E-state index in [1.807, 2.05) is 6.92 Å². The molecule has 0 saturated heterocycles. The quantitative estimate of drug-likeness (QED) is 0.546. The van der Waals surface area contributed by atoms with Crippen LogP contribution in [0.15, 0.2) is 23.1 Å². The Balaban J connectivity index is 2.85. The van der Waals surface area contributed by atoms with Crippen molar-refractivity contribution in [3.8, 4) is 0 Å². The molecule has 0 fully saturated rings. The minimum absolute atomic E-state index is 0.0409. The molecular formula is C13H19ClN2O2S3. The van der Waals surface area contributed by atoms with E-state index in [0.717, 1.165) is 17.9 Å². The van der Waals surface area contributed by atoms with Crippen LogP contribution in [0.25, 0.3) is 0 Å². The molecule has 0 aliphatic carbocycles. The van der Waals surface area contributed by atoms with Crippen molar-refractivity contribution < 1.29 is 8.42 Å². The fourth-order valence-electron chi connectivity index (χ4n) is 1.66. The van der Waals surface area contributed by atoms with Crippen LogP contribution in [0.4, 0.5) is 0 Å². The molecule has 118 valence electrons. The van der Waals surface area contributed by atoms with Crippen molar-refractivity contribution in [1.82, 2.24) is 4.72 Å². The molecule has 21 heavy (non-hydrogen) atoms. The second-order valence-corrected chi connectivity index (χ2v) is 8.44. The average molecular weight is 367 g/mol. The smallest absolute Gasteiger partial charge is 0.242 e. The van der Waals surface area contributed by atoms with Gasteiger partial charge in [0.1, 0.15) is 9.88 Å². The molecule has 0 aromatic heterocycles. The summed E-state index contributed by atoms with van der Waals surface area (Å²) >= 11 is 12.6. The molecule has 1 aromatic rings. The summed E-state index contributed by atoms with van der Waals surface area (Å²) in [4.78, 5) is 0.220. The lowest BCUT2D eigenvalue weighted by Gasteiger charge is -2.15. The van der Waals surface area contributed by atoms with Crippen LogP contribution in [0.2, 0.25) is 5.02 Å². The molecule has 4 nitrogen and oxygen atoms in total. The van der Waals surface area contributed by atoms with Gasteiger partial charge in [0.15, 0.2) is 0 Å². The van der Waals surface area contributed by atoms with Gasteiger partial charge in [-0.3, -0.25) is 0 Å². The number of halogens is 1. The van der Waals surface area contributed by atoms with Crippen molar-refractivity contribution in [3.05, 3.63) is 28.8 Å². The van der Waals surface area contributed by atoms with Crippen LogP contribution in [0.3, 0.4) is 0 Å². The minimum atomic E-state index is -3.65. The van der Waals surface area contributed by atoms with Gasteiger partial charge in [-0.25, -0.2) is 13.1 Å². The topological polar surface area (TPSA) is 72.2 Å². The van der Waals surface area contributed by atoms with E-state index in [9.17, 15) is 8.42 Å². The van der Waals surface area contributed by atoms with Gasteiger partial charge >= 0.3 is 0 Å². The van der Waals surface area contributed by atoms with E-state index in [1.54, 1.807) is 17.8 Å². The molecule has 0 amide bonds. The van der Waals surface area contributed by atoms with E-state index < -0.39 is 10.0 Å². The van der Waals surface area contributed by atoms with Gasteiger partial charge in [-0.2, -0.15) is 11.8 Å². The summed E-state index contributed by atoms with van der Waals surface area (Å²) in [5, 5.41) is 0.114. The summed E-state index contributed by atoms with van der Waals surface area (Å²) in [5.41, 5.74) is 6.04. The molecule has 1 rings (SSSR count). The van der Waals surface area contributed by atoms with Crippen LogP contribution in [-0.4, -0.2) is 31.0 Å². The number of thioether (sulfide) groups is 1. The number of nitrogens with one attached hydrogen (secondary N) is 1. The van der Waals surface area contributed by atoms with Crippen LogP contribution in [0.1, 0.15) is 25.8 Å². The summed E-state index contributed by atoms with van der Waals surface area (Å²) in [5.74, 6) is 1.93. The number of hydrogen-bond donors (Lipinski definition) is 2. The molecule has 3 N–H and O–H groups in total. The van der Waals surface area contributed by atoms with Gasteiger partial charge in [0, 0.05) is 11.6 Å². The average Bonchev–Trinajstić information content (AvgIpc) is 2.37. The maximum atomic E-state index is 12.3. The Kier molecular flexibility index (Phi) is 7.42. The van der Waals surface area contributed by atoms with E-state index in [0.29, 0.717) is 5.56 Å². The lowest BCUT2D eigenvalue weighted by Crippen LogP contribution is -2.33. The van der Waals surface area contributed by atoms with Crippen LogP contribution in [0.5, 0.6) is 0 Å². The SMILES string of the molecule is CCSCCC(C)NS(=O)(=O)c1ccc(C(N)=S)cc1Cl. The Morgan fingerprint density at radius 2 is 2.19 bits per heavy atom. The Hall–Kier alpha value is -0.340. The normalized spacial score (nSPS) is 13.1. The number of benzene rings is 1. The minimum Gasteiger partial charge on any atom is -0.389 e. The monoisotopic (exact) mass is 366 g/mol. The number of sulfonamides is 1. The lowest BCUT2D eigenvalue weighted by molar-refractivity contribution is 0.557. The third kappa shape index (κ3) is 5.75. The first-order valence-electron chi connectivity index (χ1n) is 6.47. The van der Waals surface area contributed by atoms with E-state index in [4.69, 9.17) is 29.6 Å². The molecule has 8 heteroatoms. The maximum Gasteiger partial charge on any atom is 0.242 e. The van der Waals surface area contributed by atoms with Crippen molar-refractivity contribution in [2.75, 3.05) is 11.5 Å². The van der Waals surface area contributed by atoms with Gasteiger partial charge in [0.25, 0.3) is 0 Å². The van der Waals surface area contributed by atoms with E-state index in [-0.39, 0.29) is 20.9 Å². The Morgan fingerprint density at radius 3 is 2.71 bits per heavy atom. The van der Waals surface area contributed by atoms with Gasteiger partial charge in [-0.05, 0) is 37.0 Å². The van der Waals surface area contributed by atoms with Crippen molar-refractivity contribution in [2.45, 2.75) is 31.2 Å². The highest BCUT2D eigenvalue weighted by Gasteiger charge is 2.20. The first-order chi connectivity index (χ1) is 9.77. The second-order valence-electron chi connectivity index (χ2n) is 4.52. The van der Waals surface area contributed by atoms with Crippen molar-refractivity contribution in [3.63, 3.8) is 0 Å². The molecule has 0 aliphatic heterocycles. The zero-order chi connectivity index (χ0) is 16.0. The summed E-state index contributed by atoms with van der Waals surface area (Å²) in [6.45, 7) is 3.91. The molecule has 1 atom stereocenters. The molecule has 1 aromatic carbocycles. The lowest BCUT2D eigenvalue weighted by atomic mass is 10.2. The Morgan fingerprint density at radius 1 is 1.52 bits per heavy atom. The summed E-state index contributed by atoms with van der Waals surface area (Å²) in [6.07, 6.45) is 0.764.